The number of carbonyl (C=O) groups is 1. The molecule has 0 fully saturated rings. The summed E-state index contributed by atoms with van der Waals surface area (Å²) in [5.74, 6) is 0.448. The first kappa shape index (κ1) is 14.5. The lowest BCUT2D eigenvalue weighted by Crippen LogP contribution is -2.28. The quantitative estimate of drug-likeness (QED) is 0.855. The van der Waals surface area contributed by atoms with Crippen LogP contribution >= 0.6 is 23.4 Å². The van der Waals surface area contributed by atoms with E-state index in [-0.39, 0.29) is 11.9 Å². The first-order valence-corrected chi connectivity index (χ1v) is 8.35. The number of hydrogen-bond acceptors (Lipinski definition) is 2. The molecule has 1 aliphatic rings. The van der Waals surface area contributed by atoms with Crippen molar-refractivity contribution in [3.05, 3.63) is 64.7 Å². The zero-order chi connectivity index (χ0) is 14.7. The van der Waals surface area contributed by atoms with Crippen molar-refractivity contribution in [1.82, 2.24) is 5.32 Å². The summed E-state index contributed by atoms with van der Waals surface area (Å²) in [6.07, 6.45) is 2.03. The molecule has 21 heavy (non-hydrogen) atoms. The maximum Gasteiger partial charge on any atom is 0.230 e. The molecule has 1 N–H and O–H groups in total. The zero-order valence-electron chi connectivity index (χ0n) is 11.5. The smallest absolute Gasteiger partial charge is 0.230 e. The van der Waals surface area contributed by atoms with Gasteiger partial charge in [0.15, 0.2) is 0 Å². The molecule has 4 heteroatoms. The summed E-state index contributed by atoms with van der Waals surface area (Å²) < 4.78 is 0. The van der Waals surface area contributed by atoms with Crippen LogP contribution in [0.4, 0.5) is 0 Å². The van der Waals surface area contributed by atoms with Crippen molar-refractivity contribution in [3.8, 4) is 0 Å². The van der Waals surface area contributed by atoms with Crippen molar-refractivity contribution >= 4 is 29.3 Å². The molecular weight excluding hydrogens is 302 g/mol. The van der Waals surface area contributed by atoms with Crippen molar-refractivity contribution < 1.29 is 4.79 Å². The van der Waals surface area contributed by atoms with Crippen molar-refractivity contribution in [2.45, 2.75) is 23.8 Å². The second-order valence-electron chi connectivity index (χ2n) is 5.08. The van der Waals surface area contributed by atoms with Gasteiger partial charge in [-0.25, -0.2) is 0 Å². The predicted octanol–water partition coefficient (Wildman–Crippen LogP) is 4.24. The largest absolute Gasteiger partial charge is 0.349 e. The van der Waals surface area contributed by atoms with Gasteiger partial charge >= 0.3 is 0 Å². The number of amides is 1. The summed E-state index contributed by atoms with van der Waals surface area (Å²) in [6.45, 7) is 0. The third-order valence-electron chi connectivity index (χ3n) is 3.66. The van der Waals surface area contributed by atoms with Gasteiger partial charge < -0.3 is 5.32 Å². The highest BCUT2D eigenvalue weighted by Crippen LogP contribution is 2.31. The Bertz CT molecular complexity index is 659. The van der Waals surface area contributed by atoms with Crippen LogP contribution in [0.25, 0.3) is 0 Å². The van der Waals surface area contributed by atoms with E-state index < -0.39 is 0 Å². The van der Waals surface area contributed by atoms with E-state index in [1.54, 1.807) is 0 Å². The minimum Gasteiger partial charge on any atom is -0.349 e. The summed E-state index contributed by atoms with van der Waals surface area (Å²) >= 11 is 7.57. The van der Waals surface area contributed by atoms with Gasteiger partial charge in [-0.15, -0.1) is 11.8 Å². The molecule has 108 valence electrons. The average molecular weight is 318 g/mol. The number of fused-ring (bicyclic) bond motifs is 1. The molecule has 1 aliphatic carbocycles. The van der Waals surface area contributed by atoms with Gasteiger partial charge in [0, 0.05) is 4.90 Å². The lowest BCUT2D eigenvalue weighted by molar-refractivity contribution is -0.119. The molecule has 0 saturated heterocycles. The van der Waals surface area contributed by atoms with Gasteiger partial charge in [-0.2, -0.15) is 0 Å². The van der Waals surface area contributed by atoms with Crippen LogP contribution < -0.4 is 5.32 Å². The molecule has 3 rings (SSSR count). The first-order chi connectivity index (χ1) is 10.2. The maximum absolute atomic E-state index is 12.1. The van der Waals surface area contributed by atoms with Crippen molar-refractivity contribution in [2.24, 2.45) is 0 Å². The topological polar surface area (TPSA) is 29.1 Å². The molecule has 0 spiro atoms. The second kappa shape index (κ2) is 6.54. The Morgan fingerprint density at radius 1 is 1.19 bits per heavy atom. The van der Waals surface area contributed by atoms with Gasteiger partial charge in [0.25, 0.3) is 0 Å². The highest BCUT2D eigenvalue weighted by atomic mass is 35.5. The molecule has 0 aromatic heterocycles. The van der Waals surface area contributed by atoms with Gasteiger partial charge in [0.2, 0.25) is 5.91 Å². The molecule has 0 heterocycles. The molecule has 1 amide bonds. The number of nitrogens with one attached hydrogen (secondary N) is 1. The standard InChI is InChI=1S/C17H16ClNOS/c18-14-7-3-4-8-16(14)21-11-17(20)19-15-10-9-12-5-1-2-6-13(12)15/h1-8,15H,9-11H2,(H,19,20)/t15-/m1/s1. The minimum absolute atomic E-state index is 0.0571. The summed E-state index contributed by atoms with van der Waals surface area (Å²) in [5.41, 5.74) is 2.61. The summed E-state index contributed by atoms with van der Waals surface area (Å²) in [7, 11) is 0. The van der Waals surface area contributed by atoms with E-state index in [0.29, 0.717) is 10.8 Å². The number of aryl methyl sites for hydroxylation is 1. The fraction of sp³-hybridized carbons (Fsp3) is 0.235. The summed E-state index contributed by atoms with van der Waals surface area (Å²) in [4.78, 5) is 13.1. The average Bonchev–Trinajstić information content (AvgIpc) is 2.90. The number of rotatable bonds is 4. The summed E-state index contributed by atoms with van der Waals surface area (Å²) in [5, 5.41) is 3.82. The normalized spacial score (nSPS) is 16.5. The number of halogens is 1. The Hall–Kier alpha value is -1.45. The monoisotopic (exact) mass is 317 g/mol. The van der Waals surface area contributed by atoms with E-state index in [0.717, 1.165) is 17.7 Å². The van der Waals surface area contributed by atoms with E-state index in [1.807, 2.05) is 30.3 Å². The van der Waals surface area contributed by atoms with E-state index in [2.05, 4.69) is 23.5 Å². The number of thioether (sulfide) groups is 1. The lowest BCUT2D eigenvalue weighted by Gasteiger charge is -2.14. The molecule has 2 aromatic rings. The molecule has 2 aromatic carbocycles. The van der Waals surface area contributed by atoms with Crippen LogP contribution in [-0.2, 0) is 11.2 Å². The van der Waals surface area contributed by atoms with E-state index >= 15 is 0 Å². The van der Waals surface area contributed by atoms with Crippen LogP contribution in [0, 0.1) is 0 Å². The Balaban J connectivity index is 1.57. The maximum atomic E-state index is 12.1. The molecular formula is C17H16ClNOS. The van der Waals surface area contributed by atoms with Crippen LogP contribution in [0.15, 0.2) is 53.4 Å². The van der Waals surface area contributed by atoms with Crippen LogP contribution in [0.5, 0.6) is 0 Å². The number of hydrogen-bond donors (Lipinski definition) is 1. The van der Waals surface area contributed by atoms with Crippen molar-refractivity contribution in [3.63, 3.8) is 0 Å². The van der Waals surface area contributed by atoms with Crippen molar-refractivity contribution in [2.75, 3.05) is 5.75 Å². The van der Waals surface area contributed by atoms with Gasteiger partial charge in [-0.1, -0.05) is 48.0 Å². The third kappa shape index (κ3) is 3.42. The Labute approximate surface area is 133 Å². The molecule has 0 unspecified atom stereocenters. The van der Waals surface area contributed by atoms with Crippen LogP contribution in [0.2, 0.25) is 5.02 Å². The van der Waals surface area contributed by atoms with Gasteiger partial charge in [0.1, 0.15) is 0 Å². The first-order valence-electron chi connectivity index (χ1n) is 6.98. The molecule has 1 atom stereocenters. The second-order valence-corrected chi connectivity index (χ2v) is 6.50. The minimum atomic E-state index is 0.0571. The Morgan fingerprint density at radius 2 is 1.95 bits per heavy atom. The van der Waals surface area contributed by atoms with Crippen LogP contribution in [0.1, 0.15) is 23.6 Å². The zero-order valence-corrected chi connectivity index (χ0v) is 13.1. The van der Waals surface area contributed by atoms with E-state index in [1.165, 1.54) is 22.9 Å². The molecule has 0 radical (unpaired) electrons. The third-order valence-corrected chi connectivity index (χ3v) is 5.18. The van der Waals surface area contributed by atoms with E-state index in [9.17, 15) is 4.79 Å². The molecule has 2 nitrogen and oxygen atoms in total. The van der Waals surface area contributed by atoms with Crippen LogP contribution in [-0.4, -0.2) is 11.7 Å². The molecule has 0 saturated carbocycles. The highest BCUT2D eigenvalue weighted by molar-refractivity contribution is 8.00. The van der Waals surface area contributed by atoms with Crippen LogP contribution in [0.3, 0.4) is 0 Å². The molecule has 0 aliphatic heterocycles. The lowest BCUT2D eigenvalue weighted by atomic mass is 10.1. The Morgan fingerprint density at radius 3 is 2.81 bits per heavy atom. The SMILES string of the molecule is O=C(CSc1ccccc1Cl)N[C@@H]1CCc2ccccc21. The number of benzene rings is 2. The summed E-state index contributed by atoms with van der Waals surface area (Å²) in [6, 6.07) is 16.1. The number of carbonyl (C=O) groups excluding carboxylic acids is 1. The van der Waals surface area contributed by atoms with Gasteiger partial charge in [0.05, 0.1) is 16.8 Å². The fourth-order valence-corrected chi connectivity index (χ4v) is 3.70. The predicted molar refractivity (Wildman–Crippen MR) is 87.8 cm³/mol. The molecule has 0 bridgehead atoms. The van der Waals surface area contributed by atoms with Gasteiger partial charge in [-0.05, 0) is 36.1 Å². The Kier molecular flexibility index (Phi) is 4.51. The highest BCUT2D eigenvalue weighted by Gasteiger charge is 2.23. The fourth-order valence-electron chi connectivity index (χ4n) is 2.65. The van der Waals surface area contributed by atoms with Gasteiger partial charge in [-0.3, -0.25) is 4.79 Å². The van der Waals surface area contributed by atoms with E-state index in [4.69, 9.17) is 11.6 Å². The van der Waals surface area contributed by atoms with Crippen molar-refractivity contribution in [1.29, 1.82) is 0 Å².